The third-order valence-corrected chi connectivity index (χ3v) is 9.16. The van der Waals surface area contributed by atoms with E-state index in [9.17, 15) is 18.0 Å². The molecule has 0 aliphatic carbocycles. The van der Waals surface area contributed by atoms with Gasteiger partial charge in [0.25, 0.3) is 0 Å². The maximum atomic E-state index is 13.6. The van der Waals surface area contributed by atoms with Crippen LogP contribution in [0.1, 0.15) is 30.6 Å². The van der Waals surface area contributed by atoms with E-state index in [2.05, 4.69) is 10.2 Å². The summed E-state index contributed by atoms with van der Waals surface area (Å²) >= 11 is 0. The van der Waals surface area contributed by atoms with Crippen LogP contribution in [0.5, 0.6) is 0 Å². The Hall–Kier alpha value is -3.53. The van der Waals surface area contributed by atoms with Gasteiger partial charge in [-0.25, -0.2) is 13.2 Å². The molecular weight excluding hydrogens is 444 g/mol. The minimum absolute atomic E-state index is 0.144. The quantitative estimate of drug-likeness (QED) is 0.402. The van der Waals surface area contributed by atoms with Crippen molar-refractivity contribution in [2.75, 3.05) is 0 Å². The summed E-state index contributed by atoms with van der Waals surface area (Å²) in [5, 5.41) is 6.98. The zero-order chi connectivity index (χ0) is 23.2. The van der Waals surface area contributed by atoms with Crippen molar-refractivity contribution >= 4 is 21.7 Å². The Bertz CT molecular complexity index is 1240. The third-order valence-electron chi connectivity index (χ3n) is 6.40. The van der Waals surface area contributed by atoms with Gasteiger partial charge in [0.2, 0.25) is 5.91 Å². The highest BCUT2D eigenvalue weighted by Gasteiger charge is 2.70. The molecule has 2 fully saturated rings. The van der Waals surface area contributed by atoms with Gasteiger partial charge >= 0.3 is 5.97 Å². The highest BCUT2D eigenvalue weighted by Crippen LogP contribution is 2.47. The van der Waals surface area contributed by atoms with E-state index in [1.807, 2.05) is 60.7 Å². The van der Waals surface area contributed by atoms with Crippen molar-refractivity contribution in [1.29, 1.82) is 0 Å². The number of carbonyl (C=O) groups is 2. The van der Waals surface area contributed by atoms with Crippen LogP contribution in [0.2, 0.25) is 0 Å². The fourth-order valence-corrected chi connectivity index (χ4v) is 6.98. The number of β-lactam (4-membered cyclic amide) rings is 1. The van der Waals surface area contributed by atoms with Gasteiger partial charge in [-0.15, -0.1) is 0 Å². The van der Waals surface area contributed by atoms with E-state index < -0.39 is 44.0 Å². The maximum Gasteiger partial charge on any atom is 0.331 e. The van der Waals surface area contributed by atoms with Gasteiger partial charge in [-0.3, -0.25) is 4.79 Å². The minimum atomic E-state index is -3.89. The Kier molecular flexibility index (Phi) is 5.04. The first-order valence-corrected chi connectivity index (χ1v) is 12.1. The molecule has 0 spiro atoms. The molecule has 2 aromatic carbocycles. The van der Waals surface area contributed by atoms with Gasteiger partial charge in [-0.1, -0.05) is 60.7 Å². The van der Waals surface area contributed by atoms with E-state index in [-0.39, 0.29) is 13.0 Å². The van der Waals surface area contributed by atoms with Gasteiger partial charge in [-0.2, -0.15) is 15.0 Å². The molecule has 170 valence electrons. The maximum absolute atomic E-state index is 13.6. The molecule has 3 aromatic rings. The second-order valence-corrected chi connectivity index (χ2v) is 11.0. The number of amides is 1. The number of benzene rings is 2. The molecular formula is C23H22N4O5S. The highest BCUT2D eigenvalue weighted by atomic mass is 32.2. The topological polar surface area (TPSA) is 111 Å². The lowest BCUT2D eigenvalue weighted by Gasteiger charge is -2.37. The lowest BCUT2D eigenvalue weighted by molar-refractivity contribution is -0.164. The summed E-state index contributed by atoms with van der Waals surface area (Å²) in [5.41, 5.74) is 1.47. The lowest BCUT2D eigenvalue weighted by atomic mass is 9.95. The van der Waals surface area contributed by atoms with Crippen molar-refractivity contribution in [2.45, 2.75) is 42.2 Å². The molecule has 33 heavy (non-hydrogen) atoms. The molecule has 5 rings (SSSR count). The second kappa shape index (κ2) is 7.80. The number of nitrogens with zero attached hydrogens (tertiary/aromatic N) is 4. The van der Waals surface area contributed by atoms with Gasteiger partial charge in [0, 0.05) is 0 Å². The number of esters is 1. The summed E-state index contributed by atoms with van der Waals surface area (Å²) < 4.78 is 31.2. The number of ether oxygens (including phenoxy) is 1. The molecule has 0 saturated carbocycles. The van der Waals surface area contributed by atoms with E-state index in [1.54, 1.807) is 0 Å². The Morgan fingerprint density at radius 1 is 1.06 bits per heavy atom. The predicted octanol–water partition coefficient (Wildman–Crippen LogP) is 1.72. The van der Waals surface area contributed by atoms with Crippen LogP contribution in [-0.2, 0) is 30.7 Å². The van der Waals surface area contributed by atoms with Crippen LogP contribution < -0.4 is 0 Å². The minimum Gasteiger partial charge on any atom is -0.451 e. The first-order valence-electron chi connectivity index (χ1n) is 10.5. The molecule has 1 aromatic heterocycles. The average molecular weight is 467 g/mol. The summed E-state index contributed by atoms with van der Waals surface area (Å²) in [6.45, 7) is 1.28. The Labute approximate surface area is 190 Å². The number of hydrogen-bond acceptors (Lipinski definition) is 7. The summed E-state index contributed by atoms with van der Waals surface area (Å²) in [4.78, 5) is 28.5. The average Bonchev–Trinajstić information content (AvgIpc) is 3.36. The summed E-state index contributed by atoms with van der Waals surface area (Å²) in [6.07, 6.45) is 1.96. The molecule has 3 heterocycles. The van der Waals surface area contributed by atoms with Crippen molar-refractivity contribution < 1.29 is 22.7 Å². The number of carbonyl (C=O) groups excluding carboxylic acids is 2. The molecule has 2 aliphatic heterocycles. The van der Waals surface area contributed by atoms with Crippen LogP contribution in [0, 0.1) is 0 Å². The number of fused-ring (bicyclic) bond motifs is 1. The van der Waals surface area contributed by atoms with Gasteiger partial charge in [0.1, 0.15) is 10.1 Å². The van der Waals surface area contributed by atoms with Crippen LogP contribution in [0.4, 0.5) is 0 Å². The van der Waals surface area contributed by atoms with E-state index in [0.717, 1.165) is 16.0 Å². The van der Waals surface area contributed by atoms with Crippen LogP contribution >= 0.6 is 0 Å². The first-order chi connectivity index (χ1) is 15.8. The Morgan fingerprint density at radius 3 is 2.12 bits per heavy atom. The lowest BCUT2D eigenvalue weighted by Crippen LogP contribution is -2.58. The zero-order valence-electron chi connectivity index (χ0n) is 17.8. The standard InChI is InChI=1S/C23H22N4O5S/c1-23(15-26-24-12-13-25-26)21(27-18(28)14-19(27)33(23,30)31)22(29)32-20(16-8-4-2-5-9-16)17-10-6-3-7-11-17/h2-13,19-21H,14-15H2,1H3. The predicted molar refractivity (Wildman–Crippen MR) is 117 cm³/mol. The zero-order valence-corrected chi connectivity index (χ0v) is 18.6. The number of rotatable bonds is 6. The second-order valence-electron chi connectivity index (χ2n) is 8.42. The molecule has 3 unspecified atom stereocenters. The molecule has 0 bridgehead atoms. The molecule has 0 N–H and O–H groups in total. The molecule has 1 amide bonds. The van der Waals surface area contributed by atoms with E-state index >= 15 is 0 Å². The third kappa shape index (κ3) is 3.32. The Balaban J connectivity index is 1.54. The smallest absolute Gasteiger partial charge is 0.331 e. The molecule has 3 atom stereocenters. The Morgan fingerprint density at radius 2 is 1.61 bits per heavy atom. The van der Waals surface area contributed by atoms with Crippen LogP contribution in [0.25, 0.3) is 0 Å². The van der Waals surface area contributed by atoms with Crippen molar-refractivity contribution in [2.24, 2.45) is 0 Å². The molecule has 10 heteroatoms. The SMILES string of the molecule is CC1(Cn2nccn2)C(C(=O)OC(c2ccccc2)c2ccccc2)N2C(=O)CC2S1(=O)=O. The molecule has 0 radical (unpaired) electrons. The fourth-order valence-electron chi connectivity index (χ4n) is 4.64. The summed E-state index contributed by atoms with van der Waals surface area (Å²) in [6, 6.07) is 17.1. The molecule has 9 nitrogen and oxygen atoms in total. The van der Waals surface area contributed by atoms with Crippen LogP contribution in [-0.4, -0.2) is 56.4 Å². The van der Waals surface area contributed by atoms with Crippen LogP contribution in [0.3, 0.4) is 0 Å². The van der Waals surface area contributed by atoms with Crippen LogP contribution in [0.15, 0.2) is 73.1 Å². The van der Waals surface area contributed by atoms with Crippen molar-refractivity contribution in [3.63, 3.8) is 0 Å². The summed E-state index contributed by atoms with van der Waals surface area (Å²) in [7, 11) is -3.89. The molecule has 2 aliphatic rings. The van der Waals surface area contributed by atoms with Crippen molar-refractivity contribution in [3.8, 4) is 0 Å². The van der Waals surface area contributed by atoms with Crippen molar-refractivity contribution in [3.05, 3.63) is 84.2 Å². The number of hydrogen-bond donors (Lipinski definition) is 0. The van der Waals surface area contributed by atoms with E-state index in [4.69, 9.17) is 4.74 Å². The highest BCUT2D eigenvalue weighted by molar-refractivity contribution is 7.93. The van der Waals surface area contributed by atoms with Gasteiger partial charge in [0.05, 0.1) is 25.4 Å². The van der Waals surface area contributed by atoms with Gasteiger partial charge < -0.3 is 9.64 Å². The van der Waals surface area contributed by atoms with Crippen molar-refractivity contribution in [1.82, 2.24) is 19.9 Å². The van der Waals surface area contributed by atoms with Gasteiger partial charge in [0.15, 0.2) is 22.0 Å². The first kappa shape index (κ1) is 21.3. The van der Waals surface area contributed by atoms with Gasteiger partial charge in [-0.05, 0) is 18.1 Å². The number of sulfone groups is 1. The summed E-state index contributed by atoms with van der Waals surface area (Å²) in [5.74, 6) is -1.17. The normalized spacial score (nSPS) is 25.5. The monoisotopic (exact) mass is 466 g/mol. The molecule has 2 saturated heterocycles. The van der Waals surface area contributed by atoms with E-state index in [1.165, 1.54) is 24.1 Å². The largest absolute Gasteiger partial charge is 0.451 e. The van der Waals surface area contributed by atoms with E-state index in [0.29, 0.717) is 0 Å². The number of aromatic nitrogens is 3. The fraction of sp³-hybridized carbons (Fsp3) is 0.304.